The molecule has 0 saturated carbocycles. The topological polar surface area (TPSA) is 6.48 Å². The fourth-order valence-corrected chi connectivity index (χ4v) is 1.42. The van der Waals surface area contributed by atoms with E-state index >= 15 is 0 Å². The van der Waals surface area contributed by atoms with E-state index in [0.717, 1.165) is 6.04 Å². The molecular formula is C8H17N2. The number of rotatable bonds is 2. The van der Waals surface area contributed by atoms with Crippen LogP contribution in [-0.2, 0) is 0 Å². The second kappa shape index (κ2) is 3.35. The molecule has 10 heavy (non-hydrogen) atoms. The third-order valence-electron chi connectivity index (χ3n) is 2.29. The van der Waals surface area contributed by atoms with Crippen LogP contribution in [0.15, 0.2) is 0 Å². The first kappa shape index (κ1) is 8.02. The Hall–Kier alpha value is -0.0800. The maximum absolute atomic E-state index is 2.38. The predicted octanol–water partition coefficient (Wildman–Crippen LogP) is 0.804. The largest absolute Gasteiger partial charge is 0.305 e. The summed E-state index contributed by atoms with van der Waals surface area (Å²) in [5, 5.41) is 0. The molecule has 0 aromatic rings. The van der Waals surface area contributed by atoms with E-state index in [0.29, 0.717) is 0 Å². The van der Waals surface area contributed by atoms with E-state index in [-0.39, 0.29) is 0 Å². The van der Waals surface area contributed by atoms with Crippen molar-refractivity contribution in [1.29, 1.82) is 0 Å². The van der Waals surface area contributed by atoms with Gasteiger partial charge in [-0.1, -0.05) is 0 Å². The summed E-state index contributed by atoms with van der Waals surface area (Å²) in [6.45, 7) is 6.74. The highest BCUT2D eigenvalue weighted by Crippen LogP contribution is 2.13. The lowest BCUT2D eigenvalue weighted by Gasteiger charge is -2.18. The lowest BCUT2D eigenvalue weighted by atomic mass is 10.2. The van der Waals surface area contributed by atoms with Crippen LogP contribution in [0.2, 0.25) is 0 Å². The van der Waals surface area contributed by atoms with Crippen LogP contribution in [0.4, 0.5) is 0 Å². The molecule has 2 nitrogen and oxygen atoms in total. The van der Waals surface area contributed by atoms with Crippen molar-refractivity contribution in [1.82, 2.24) is 9.80 Å². The van der Waals surface area contributed by atoms with Crippen LogP contribution in [0.25, 0.3) is 0 Å². The van der Waals surface area contributed by atoms with Gasteiger partial charge in [0, 0.05) is 25.7 Å². The van der Waals surface area contributed by atoms with Gasteiger partial charge in [0.25, 0.3) is 0 Å². The molecule has 0 aromatic heterocycles. The van der Waals surface area contributed by atoms with Gasteiger partial charge in [-0.2, -0.15) is 0 Å². The predicted molar refractivity (Wildman–Crippen MR) is 43.6 cm³/mol. The quantitative estimate of drug-likeness (QED) is 0.561. The molecule has 59 valence electrons. The molecular weight excluding hydrogens is 124 g/mol. The molecule has 1 rings (SSSR count). The molecule has 2 heteroatoms. The molecule has 1 heterocycles. The number of likely N-dealkylation sites (tertiary alicyclic amines) is 1. The van der Waals surface area contributed by atoms with E-state index in [2.05, 4.69) is 37.4 Å². The van der Waals surface area contributed by atoms with Crippen LogP contribution in [0.5, 0.6) is 0 Å². The molecule has 1 saturated heterocycles. The zero-order chi connectivity index (χ0) is 7.56. The first-order chi connectivity index (χ1) is 4.74. The Kier molecular flexibility index (Phi) is 2.69. The molecule has 1 aliphatic heterocycles. The van der Waals surface area contributed by atoms with Gasteiger partial charge >= 0.3 is 0 Å². The van der Waals surface area contributed by atoms with Gasteiger partial charge in [-0.3, -0.25) is 4.90 Å². The Balaban J connectivity index is 2.28. The smallest absolute Gasteiger partial charge is 0.0229 e. The third kappa shape index (κ3) is 1.70. The highest BCUT2D eigenvalue weighted by molar-refractivity contribution is 4.82. The van der Waals surface area contributed by atoms with Gasteiger partial charge in [0.1, 0.15) is 0 Å². The van der Waals surface area contributed by atoms with Crippen LogP contribution in [-0.4, -0.2) is 43.0 Å². The van der Waals surface area contributed by atoms with Gasteiger partial charge in [-0.25, -0.2) is 0 Å². The minimum atomic E-state index is 0.774. The Labute approximate surface area is 63.8 Å². The fourth-order valence-electron chi connectivity index (χ4n) is 1.42. The molecule has 0 aliphatic carbocycles. The Bertz CT molecular complexity index is 101. The Morgan fingerprint density at radius 3 is 2.50 bits per heavy atom. The van der Waals surface area contributed by atoms with E-state index in [1.807, 2.05) is 0 Å². The normalized spacial score (nSPS) is 28.2. The maximum Gasteiger partial charge on any atom is 0.0229 e. The average Bonchev–Trinajstić information content (AvgIpc) is 2.34. The Morgan fingerprint density at radius 1 is 1.50 bits per heavy atom. The summed E-state index contributed by atoms with van der Waals surface area (Å²) in [5.41, 5.74) is 0. The van der Waals surface area contributed by atoms with Crippen LogP contribution in [0.3, 0.4) is 0 Å². The summed E-state index contributed by atoms with van der Waals surface area (Å²) in [5.74, 6) is 0. The van der Waals surface area contributed by atoms with Crippen molar-refractivity contribution in [2.45, 2.75) is 19.4 Å². The van der Waals surface area contributed by atoms with Crippen LogP contribution < -0.4 is 0 Å². The van der Waals surface area contributed by atoms with Gasteiger partial charge in [0.2, 0.25) is 0 Å². The second-order valence-electron chi connectivity index (χ2n) is 3.16. The van der Waals surface area contributed by atoms with Crippen molar-refractivity contribution in [3.63, 3.8) is 0 Å². The average molecular weight is 141 g/mol. The molecule has 1 aliphatic rings. The van der Waals surface area contributed by atoms with Crippen molar-refractivity contribution in [2.75, 3.05) is 27.2 Å². The van der Waals surface area contributed by atoms with Crippen LogP contribution >= 0.6 is 0 Å². The van der Waals surface area contributed by atoms with Crippen molar-refractivity contribution in [2.24, 2.45) is 0 Å². The zero-order valence-electron chi connectivity index (χ0n) is 7.17. The first-order valence-electron chi connectivity index (χ1n) is 3.94. The maximum atomic E-state index is 2.38. The molecule has 0 aromatic carbocycles. The highest BCUT2D eigenvalue weighted by atomic mass is 15.2. The molecule has 0 amide bonds. The summed E-state index contributed by atoms with van der Waals surface area (Å²) in [7, 11) is 4.31. The molecule has 1 fully saturated rings. The minimum Gasteiger partial charge on any atom is -0.305 e. The number of nitrogens with zero attached hydrogens (tertiary/aromatic N) is 2. The summed E-state index contributed by atoms with van der Waals surface area (Å²) in [6.07, 6.45) is 1.32. The SMILES string of the molecule is C[CH]N1CCC(N(C)C)C1. The van der Waals surface area contributed by atoms with Gasteiger partial charge in [0.05, 0.1) is 0 Å². The van der Waals surface area contributed by atoms with Gasteiger partial charge in [-0.05, 0) is 27.4 Å². The van der Waals surface area contributed by atoms with Crippen molar-refractivity contribution in [3.8, 4) is 0 Å². The van der Waals surface area contributed by atoms with Crippen LogP contribution in [0, 0.1) is 6.54 Å². The summed E-state index contributed by atoms with van der Waals surface area (Å²) in [4.78, 5) is 4.69. The number of hydrogen-bond donors (Lipinski definition) is 0. The highest BCUT2D eigenvalue weighted by Gasteiger charge is 2.22. The van der Waals surface area contributed by atoms with Crippen molar-refractivity contribution in [3.05, 3.63) is 6.54 Å². The molecule has 1 unspecified atom stereocenters. The third-order valence-corrected chi connectivity index (χ3v) is 2.29. The molecule has 1 radical (unpaired) electrons. The lowest BCUT2D eigenvalue weighted by molar-refractivity contribution is 0.289. The number of likely N-dealkylation sites (N-methyl/N-ethyl adjacent to an activating group) is 1. The molecule has 1 atom stereocenters. The van der Waals surface area contributed by atoms with E-state index < -0.39 is 0 Å². The van der Waals surface area contributed by atoms with E-state index in [4.69, 9.17) is 0 Å². The first-order valence-corrected chi connectivity index (χ1v) is 3.94. The van der Waals surface area contributed by atoms with Gasteiger partial charge in [-0.15, -0.1) is 0 Å². The van der Waals surface area contributed by atoms with Crippen molar-refractivity contribution < 1.29 is 0 Å². The molecule has 0 bridgehead atoms. The summed E-state index contributed by atoms with van der Waals surface area (Å²) in [6, 6.07) is 0.774. The standard InChI is InChI=1S/C8H17N2/c1-4-10-6-5-8(7-10)9(2)3/h4,8H,5-7H2,1-3H3. The molecule has 0 N–H and O–H groups in total. The second-order valence-corrected chi connectivity index (χ2v) is 3.16. The minimum absolute atomic E-state index is 0.774. The monoisotopic (exact) mass is 141 g/mol. The van der Waals surface area contributed by atoms with E-state index in [9.17, 15) is 0 Å². The van der Waals surface area contributed by atoms with Crippen LogP contribution in [0.1, 0.15) is 13.3 Å². The van der Waals surface area contributed by atoms with E-state index in [1.165, 1.54) is 19.5 Å². The lowest BCUT2D eigenvalue weighted by Crippen LogP contribution is -2.30. The summed E-state index contributed by atoms with van der Waals surface area (Å²) < 4.78 is 0. The fraction of sp³-hybridized carbons (Fsp3) is 0.875. The van der Waals surface area contributed by atoms with Gasteiger partial charge in [0.15, 0.2) is 0 Å². The van der Waals surface area contributed by atoms with Gasteiger partial charge < -0.3 is 4.90 Å². The summed E-state index contributed by atoms with van der Waals surface area (Å²) >= 11 is 0. The Morgan fingerprint density at radius 2 is 2.20 bits per heavy atom. The molecule has 0 spiro atoms. The number of hydrogen-bond acceptors (Lipinski definition) is 2. The zero-order valence-corrected chi connectivity index (χ0v) is 7.17. The van der Waals surface area contributed by atoms with E-state index in [1.54, 1.807) is 0 Å². The van der Waals surface area contributed by atoms with Crippen molar-refractivity contribution >= 4 is 0 Å².